The summed E-state index contributed by atoms with van der Waals surface area (Å²) in [7, 11) is 3.13. The summed E-state index contributed by atoms with van der Waals surface area (Å²) in [5, 5.41) is 0. The Morgan fingerprint density at radius 2 is 2.06 bits per heavy atom. The predicted molar refractivity (Wildman–Crippen MR) is 68.2 cm³/mol. The fourth-order valence-corrected chi connectivity index (χ4v) is 2.69. The van der Waals surface area contributed by atoms with Gasteiger partial charge in [0.1, 0.15) is 11.6 Å². The van der Waals surface area contributed by atoms with E-state index in [2.05, 4.69) is 0 Å². The Balaban J connectivity index is 2.51. The monoisotopic (exact) mass is 253 g/mol. The van der Waals surface area contributed by atoms with E-state index in [1.54, 1.807) is 20.3 Å². The number of hydrogen-bond acceptors (Lipinski definition) is 3. The van der Waals surface area contributed by atoms with Crippen LogP contribution in [-0.4, -0.2) is 20.8 Å². The van der Waals surface area contributed by atoms with Crippen molar-refractivity contribution in [2.24, 2.45) is 5.73 Å². The van der Waals surface area contributed by atoms with Crippen molar-refractivity contribution in [2.75, 3.05) is 20.8 Å². The third-order valence-corrected chi connectivity index (χ3v) is 3.94. The second kappa shape index (κ2) is 5.24. The van der Waals surface area contributed by atoms with E-state index >= 15 is 0 Å². The molecular weight excluding hydrogens is 233 g/mol. The third-order valence-electron chi connectivity index (χ3n) is 3.94. The zero-order valence-electron chi connectivity index (χ0n) is 11.0. The lowest BCUT2D eigenvalue weighted by molar-refractivity contribution is 0.179. The minimum absolute atomic E-state index is 0.221. The molecule has 1 aliphatic rings. The Labute approximate surface area is 107 Å². The molecule has 0 aliphatic heterocycles. The minimum Gasteiger partial charge on any atom is -0.496 e. The Bertz CT molecular complexity index is 425. The zero-order chi connectivity index (χ0) is 13.2. The molecule has 1 aromatic carbocycles. The minimum atomic E-state index is -0.251. The maximum Gasteiger partial charge on any atom is 0.136 e. The van der Waals surface area contributed by atoms with Crippen LogP contribution in [0.15, 0.2) is 12.1 Å². The van der Waals surface area contributed by atoms with Gasteiger partial charge in [0.15, 0.2) is 0 Å². The van der Waals surface area contributed by atoms with Crippen LogP contribution in [0.3, 0.4) is 0 Å². The lowest BCUT2D eigenvalue weighted by Crippen LogP contribution is -2.42. The van der Waals surface area contributed by atoms with Gasteiger partial charge in [-0.3, -0.25) is 0 Å². The summed E-state index contributed by atoms with van der Waals surface area (Å²) in [6.07, 6.45) is 2.94. The van der Waals surface area contributed by atoms with Gasteiger partial charge >= 0.3 is 0 Å². The Morgan fingerprint density at radius 1 is 1.33 bits per heavy atom. The van der Waals surface area contributed by atoms with Gasteiger partial charge in [-0.15, -0.1) is 0 Å². The Hall–Kier alpha value is -1.13. The number of rotatable bonds is 5. The summed E-state index contributed by atoms with van der Waals surface area (Å²) in [4.78, 5) is 0. The molecule has 1 fully saturated rings. The first-order valence-corrected chi connectivity index (χ1v) is 6.23. The summed E-state index contributed by atoms with van der Waals surface area (Å²) in [5.41, 5.74) is 6.81. The molecule has 1 aliphatic carbocycles. The van der Waals surface area contributed by atoms with Gasteiger partial charge in [-0.05, 0) is 18.9 Å². The molecule has 2 rings (SSSR count). The molecule has 0 saturated heterocycles. The van der Waals surface area contributed by atoms with Crippen LogP contribution in [0.5, 0.6) is 5.75 Å². The Kier molecular flexibility index (Phi) is 3.88. The Morgan fingerprint density at radius 3 is 2.50 bits per heavy atom. The van der Waals surface area contributed by atoms with Crippen molar-refractivity contribution in [2.45, 2.75) is 31.3 Å². The third kappa shape index (κ3) is 1.99. The molecule has 0 amide bonds. The highest BCUT2D eigenvalue weighted by Gasteiger charge is 2.42. The fraction of sp³-hybridized carbons (Fsp3) is 0.571. The fourth-order valence-electron chi connectivity index (χ4n) is 2.69. The molecule has 18 heavy (non-hydrogen) atoms. The highest BCUT2D eigenvalue weighted by molar-refractivity contribution is 5.45. The first kappa shape index (κ1) is 13.3. The second-order valence-electron chi connectivity index (χ2n) is 4.89. The number of halogens is 1. The maximum absolute atomic E-state index is 14.6. The van der Waals surface area contributed by atoms with Crippen LogP contribution in [0.1, 0.15) is 30.4 Å². The van der Waals surface area contributed by atoms with Crippen molar-refractivity contribution >= 4 is 0 Å². The first-order chi connectivity index (χ1) is 8.68. The van der Waals surface area contributed by atoms with Gasteiger partial charge in [0.05, 0.1) is 13.7 Å². The summed E-state index contributed by atoms with van der Waals surface area (Å²) in [6, 6.07) is 3.52. The lowest BCUT2D eigenvalue weighted by Gasteiger charge is -2.42. The number of benzene rings is 1. The molecule has 100 valence electrons. The molecule has 2 N–H and O–H groups in total. The van der Waals surface area contributed by atoms with Crippen molar-refractivity contribution in [3.63, 3.8) is 0 Å². The quantitative estimate of drug-likeness (QED) is 0.876. The predicted octanol–water partition coefficient (Wildman–Crippen LogP) is 2.36. The standard InChI is InChI=1S/C14H20FNO2/c1-17-8-10-4-5-11(18-2)12(13(10)15)14(9-16)6-3-7-14/h4-5H,3,6-9,16H2,1-2H3. The van der Waals surface area contributed by atoms with Gasteiger partial charge in [-0.2, -0.15) is 0 Å². The molecular formula is C14H20FNO2. The summed E-state index contributed by atoms with van der Waals surface area (Å²) in [5.74, 6) is 0.374. The molecule has 0 radical (unpaired) electrons. The average Bonchev–Trinajstić information content (AvgIpc) is 2.33. The summed E-state index contributed by atoms with van der Waals surface area (Å²) < 4.78 is 24.9. The van der Waals surface area contributed by atoms with E-state index < -0.39 is 0 Å². The van der Waals surface area contributed by atoms with E-state index in [4.69, 9.17) is 15.2 Å². The van der Waals surface area contributed by atoms with Gasteiger partial charge in [0.25, 0.3) is 0 Å². The molecule has 0 spiro atoms. The molecule has 1 saturated carbocycles. The zero-order valence-corrected chi connectivity index (χ0v) is 11.0. The largest absolute Gasteiger partial charge is 0.496 e. The molecule has 3 nitrogen and oxygen atoms in total. The summed E-state index contributed by atoms with van der Waals surface area (Å²) in [6.45, 7) is 0.722. The summed E-state index contributed by atoms with van der Waals surface area (Å²) >= 11 is 0. The molecule has 4 heteroatoms. The van der Waals surface area contributed by atoms with E-state index in [9.17, 15) is 4.39 Å². The molecule has 0 heterocycles. The molecule has 0 atom stereocenters. The number of nitrogens with two attached hydrogens (primary N) is 1. The molecule has 0 unspecified atom stereocenters. The van der Waals surface area contributed by atoms with Crippen molar-refractivity contribution in [1.82, 2.24) is 0 Å². The van der Waals surface area contributed by atoms with Gasteiger partial charge in [-0.25, -0.2) is 4.39 Å². The average molecular weight is 253 g/mol. The van der Waals surface area contributed by atoms with Crippen molar-refractivity contribution in [3.8, 4) is 5.75 Å². The van der Waals surface area contributed by atoms with Gasteiger partial charge < -0.3 is 15.2 Å². The van der Waals surface area contributed by atoms with E-state index in [1.807, 2.05) is 6.07 Å². The number of hydrogen-bond donors (Lipinski definition) is 1. The van der Waals surface area contributed by atoms with Crippen LogP contribution >= 0.6 is 0 Å². The normalized spacial score (nSPS) is 17.3. The SMILES string of the molecule is COCc1ccc(OC)c(C2(CN)CCC2)c1F. The topological polar surface area (TPSA) is 44.5 Å². The van der Waals surface area contributed by atoms with Crippen molar-refractivity contribution in [1.29, 1.82) is 0 Å². The van der Waals surface area contributed by atoms with Gasteiger partial charge in [0, 0.05) is 30.2 Å². The van der Waals surface area contributed by atoms with Crippen LogP contribution in [0, 0.1) is 5.82 Å². The van der Waals surface area contributed by atoms with E-state index in [1.165, 1.54) is 0 Å². The highest BCUT2D eigenvalue weighted by atomic mass is 19.1. The van der Waals surface area contributed by atoms with E-state index in [-0.39, 0.29) is 17.8 Å². The number of ether oxygens (including phenoxy) is 2. The van der Waals surface area contributed by atoms with Crippen LogP contribution in [-0.2, 0) is 16.8 Å². The number of methoxy groups -OCH3 is 2. The maximum atomic E-state index is 14.6. The van der Waals surface area contributed by atoms with Crippen molar-refractivity contribution in [3.05, 3.63) is 29.1 Å². The van der Waals surface area contributed by atoms with Crippen molar-refractivity contribution < 1.29 is 13.9 Å². The van der Waals surface area contributed by atoms with Crippen LogP contribution < -0.4 is 10.5 Å². The molecule has 0 bridgehead atoms. The van der Waals surface area contributed by atoms with Gasteiger partial charge in [-0.1, -0.05) is 12.5 Å². The second-order valence-corrected chi connectivity index (χ2v) is 4.89. The van der Waals surface area contributed by atoms with E-state index in [0.29, 0.717) is 23.4 Å². The smallest absolute Gasteiger partial charge is 0.136 e. The molecule has 1 aromatic rings. The van der Waals surface area contributed by atoms with Crippen LogP contribution in [0.2, 0.25) is 0 Å². The van der Waals surface area contributed by atoms with E-state index in [0.717, 1.165) is 19.3 Å². The highest BCUT2D eigenvalue weighted by Crippen LogP contribution is 2.48. The first-order valence-electron chi connectivity index (χ1n) is 6.23. The lowest BCUT2D eigenvalue weighted by atomic mass is 9.64. The van der Waals surface area contributed by atoms with Crippen LogP contribution in [0.4, 0.5) is 4.39 Å². The van der Waals surface area contributed by atoms with Gasteiger partial charge in [0.2, 0.25) is 0 Å². The van der Waals surface area contributed by atoms with Crippen LogP contribution in [0.25, 0.3) is 0 Å². The molecule has 0 aromatic heterocycles.